The van der Waals surface area contributed by atoms with Gasteiger partial charge in [0, 0.05) is 12.1 Å². The van der Waals surface area contributed by atoms with Crippen LogP contribution in [0.15, 0.2) is 58.6 Å². The molecular formula is C22H24N4O2. The van der Waals surface area contributed by atoms with Gasteiger partial charge in [0.15, 0.2) is 11.5 Å². The van der Waals surface area contributed by atoms with Gasteiger partial charge in [-0.1, -0.05) is 50.2 Å². The van der Waals surface area contributed by atoms with Crippen LogP contribution in [0.3, 0.4) is 0 Å². The van der Waals surface area contributed by atoms with Crippen molar-refractivity contribution in [2.24, 2.45) is 16.0 Å². The van der Waals surface area contributed by atoms with Crippen molar-refractivity contribution < 1.29 is 9.47 Å². The number of ether oxygens (including phenoxy) is 2. The summed E-state index contributed by atoms with van der Waals surface area (Å²) in [5, 5.41) is 7.89. The fraction of sp³-hybridized carbons (Fsp3) is 0.273. The molecule has 0 aliphatic carbocycles. The van der Waals surface area contributed by atoms with Crippen molar-refractivity contribution in [3.63, 3.8) is 0 Å². The van der Waals surface area contributed by atoms with Crippen molar-refractivity contribution in [2.45, 2.75) is 13.8 Å². The lowest BCUT2D eigenvalue weighted by atomic mass is 9.92. The number of nitrogens with one attached hydrogen (secondary N) is 2. The van der Waals surface area contributed by atoms with Gasteiger partial charge in [0.1, 0.15) is 0 Å². The Balaban J connectivity index is 1.74. The third-order valence-corrected chi connectivity index (χ3v) is 4.57. The summed E-state index contributed by atoms with van der Waals surface area (Å²) in [6.07, 6.45) is 2.14. The van der Waals surface area contributed by atoms with E-state index in [1.54, 1.807) is 0 Å². The van der Waals surface area contributed by atoms with Crippen LogP contribution in [0.4, 0.5) is 0 Å². The van der Waals surface area contributed by atoms with Crippen LogP contribution in [0, 0.1) is 5.92 Å². The summed E-state index contributed by atoms with van der Waals surface area (Å²) >= 11 is 0. The Labute approximate surface area is 165 Å². The van der Waals surface area contributed by atoms with Gasteiger partial charge in [0.2, 0.25) is 12.8 Å². The van der Waals surface area contributed by atoms with E-state index in [0.717, 1.165) is 47.0 Å². The predicted molar refractivity (Wildman–Crippen MR) is 113 cm³/mol. The molecule has 0 unspecified atom stereocenters. The lowest BCUT2D eigenvalue weighted by Crippen LogP contribution is -2.31. The van der Waals surface area contributed by atoms with Gasteiger partial charge in [-0.2, -0.15) is 5.10 Å². The van der Waals surface area contributed by atoms with E-state index in [1.165, 1.54) is 0 Å². The van der Waals surface area contributed by atoms with E-state index in [0.29, 0.717) is 5.96 Å². The van der Waals surface area contributed by atoms with Crippen LogP contribution in [0.2, 0.25) is 0 Å². The Morgan fingerprint density at radius 2 is 1.96 bits per heavy atom. The molecule has 28 heavy (non-hydrogen) atoms. The van der Waals surface area contributed by atoms with Crippen LogP contribution in [-0.2, 0) is 0 Å². The summed E-state index contributed by atoms with van der Waals surface area (Å²) < 4.78 is 11.0. The molecule has 144 valence electrons. The highest BCUT2D eigenvalue weighted by atomic mass is 16.7. The minimum Gasteiger partial charge on any atom is -0.454 e. The summed E-state index contributed by atoms with van der Waals surface area (Å²) in [5.41, 5.74) is 7.24. The minimum absolute atomic E-state index is 0.218. The monoisotopic (exact) mass is 376 g/mol. The molecule has 2 aromatic rings. The van der Waals surface area contributed by atoms with E-state index < -0.39 is 0 Å². The van der Waals surface area contributed by atoms with Crippen molar-refractivity contribution in [2.75, 3.05) is 19.9 Å². The van der Waals surface area contributed by atoms with Gasteiger partial charge in [0.05, 0.1) is 12.3 Å². The number of guanidine groups is 1. The quantitative estimate of drug-likeness (QED) is 0.476. The van der Waals surface area contributed by atoms with Gasteiger partial charge in [-0.3, -0.25) is 0 Å². The van der Waals surface area contributed by atoms with Gasteiger partial charge in [-0.25, -0.2) is 10.4 Å². The molecule has 0 aromatic heterocycles. The highest BCUT2D eigenvalue weighted by Gasteiger charge is 2.17. The number of hydrogen-bond donors (Lipinski definition) is 2. The molecule has 0 fully saturated rings. The summed E-state index contributed by atoms with van der Waals surface area (Å²) in [6.45, 7) is 6.16. The third kappa shape index (κ3) is 4.01. The SMILES string of the molecule is CC(C)C(=N\NC1=NCCN1)/C(=C\c1ccc2c(c1)OCO2)c1ccccc1. The summed E-state index contributed by atoms with van der Waals surface area (Å²) in [4.78, 5) is 4.36. The Hall–Kier alpha value is -3.28. The van der Waals surface area contributed by atoms with Gasteiger partial charge in [-0.05, 0) is 35.3 Å². The zero-order chi connectivity index (χ0) is 19.3. The summed E-state index contributed by atoms with van der Waals surface area (Å²) in [6, 6.07) is 16.3. The van der Waals surface area contributed by atoms with Crippen LogP contribution >= 0.6 is 0 Å². The molecule has 2 aliphatic heterocycles. The van der Waals surface area contributed by atoms with E-state index in [4.69, 9.17) is 14.6 Å². The fourth-order valence-corrected chi connectivity index (χ4v) is 3.18. The zero-order valence-electron chi connectivity index (χ0n) is 16.1. The van der Waals surface area contributed by atoms with Crippen molar-refractivity contribution in [1.29, 1.82) is 0 Å². The first kappa shape index (κ1) is 18.1. The first-order chi connectivity index (χ1) is 13.7. The normalized spacial score (nSPS) is 16.2. The van der Waals surface area contributed by atoms with Gasteiger partial charge in [0.25, 0.3) is 0 Å². The number of fused-ring (bicyclic) bond motifs is 1. The van der Waals surface area contributed by atoms with Crippen molar-refractivity contribution in [3.05, 3.63) is 59.7 Å². The Morgan fingerprint density at radius 3 is 2.71 bits per heavy atom. The van der Waals surface area contributed by atoms with Crippen LogP contribution in [0.1, 0.15) is 25.0 Å². The second kappa shape index (κ2) is 8.17. The molecule has 2 N–H and O–H groups in total. The molecule has 0 spiro atoms. The van der Waals surface area contributed by atoms with Crippen LogP contribution in [-0.4, -0.2) is 31.6 Å². The predicted octanol–water partition coefficient (Wildman–Crippen LogP) is 3.52. The molecular weight excluding hydrogens is 352 g/mol. The lowest BCUT2D eigenvalue weighted by Gasteiger charge is -2.16. The summed E-state index contributed by atoms with van der Waals surface area (Å²) in [5.74, 6) is 2.48. The topological polar surface area (TPSA) is 67.2 Å². The molecule has 6 nitrogen and oxygen atoms in total. The molecule has 0 saturated carbocycles. The molecule has 6 heteroatoms. The zero-order valence-corrected chi connectivity index (χ0v) is 16.1. The van der Waals surface area contributed by atoms with Crippen LogP contribution in [0.25, 0.3) is 11.6 Å². The van der Waals surface area contributed by atoms with E-state index in [2.05, 4.69) is 47.8 Å². The molecule has 2 aliphatic rings. The molecule has 2 heterocycles. The average molecular weight is 376 g/mol. The van der Waals surface area contributed by atoms with Crippen molar-refractivity contribution in [1.82, 2.24) is 10.7 Å². The number of rotatable bonds is 5. The molecule has 0 amide bonds. The first-order valence-corrected chi connectivity index (χ1v) is 9.50. The van der Waals surface area contributed by atoms with Gasteiger partial charge in [-0.15, -0.1) is 0 Å². The number of aliphatic imine (C=N–C) groups is 1. The van der Waals surface area contributed by atoms with E-state index in [-0.39, 0.29) is 12.7 Å². The summed E-state index contributed by atoms with van der Waals surface area (Å²) in [7, 11) is 0. The van der Waals surface area contributed by atoms with Crippen molar-refractivity contribution >= 4 is 23.3 Å². The average Bonchev–Trinajstić information content (AvgIpc) is 3.39. The standard InChI is InChI=1S/C22H24N4O2/c1-15(2)21(25-26-22-23-10-11-24-22)18(17-6-4-3-5-7-17)12-16-8-9-19-20(13-16)28-14-27-19/h3-9,12-13,15H,10-11,14H2,1-2H3,(H2,23,24,26)/b18-12-,25-21+. The molecule has 0 atom stereocenters. The minimum atomic E-state index is 0.218. The molecule has 0 radical (unpaired) electrons. The first-order valence-electron chi connectivity index (χ1n) is 9.50. The number of hydrazone groups is 1. The van der Waals surface area contributed by atoms with Gasteiger partial charge < -0.3 is 14.8 Å². The highest BCUT2D eigenvalue weighted by molar-refractivity contribution is 6.28. The highest BCUT2D eigenvalue weighted by Crippen LogP contribution is 2.34. The number of nitrogens with zero attached hydrogens (tertiary/aromatic N) is 2. The largest absolute Gasteiger partial charge is 0.454 e. The van der Waals surface area contributed by atoms with E-state index in [1.807, 2.05) is 36.4 Å². The third-order valence-electron chi connectivity index (χ3n) is 4.57. The number of hydrogen-bond acceptors (Lipinski definition) is 6. The molecule has 2 aromatic carbocycles. The Bertz CT molecular complexity index is 933. The van der Waals surface area contributed by atoms with E-state index in [9.17, 15) is 0 Å². The van der Waals surface area contributed by atoms with Gasteiger partial charge >= 0.3 is 0 Å². The Kier molecular flexibility index (Phi) is 5.28. The second-order valence-electron chi connectivity index (χ2n) is 6.96. The smallest absolute Gasteiger partial charge is 0.231 e. The Morgan fingerprint density at radius 1 is 1.14 bits per heavy atom. The molecule has 0 bridgehead atoms. The maximum absolute atomic E-state index is 5.53. The fourth-order valence-electron chi connectivity index (χ4n) is 3.18. The van der Waals surface area contributed by atoms with Crippen LogP contribution < -0.4 is 20.2 Å². The maximum Gasteiger partial charge on any atom is 0.231 e. The second-order valence-corrected chi connectivity index (χ2v) is 6.96. The molecule has 4 rings (SSSR count). The molecule has 0 saturated heterocycles. The lowest BCUT2D eigenvalue weighted by molar-refractivity contribution is 0.174. The van der Waals surface area contributed by atoms with Crippen molar-refractivity contribution in [3.8, 4) is 11.5 Å². The van der Waals surface area contributed by atoms with Crippen LogP contribution in [0.5, 0.6) is 11.5 Å². The number of benzene rings is 2. The maximum atomic E-state index is 5.53. The number of allylic oxidation sites excluding steroid dienone is 1. The van der Waals surface area contributed by atoms with E-state index >= 15 is 0 Å².